The summed E-state index contributed by atoms with van der Waals surface area (Å²) in [7, 11) is 3.78. The Hall–Kier alpha value is -1.96. The molecule has 0 aliphatic carbocycles. The van der Waals surface area contributed by atoms with Gasteiger partial charge in [-0.2, -0.15) is 0 Å². The van der Waals surface area contributed by atoms with Gasteiger partial charge in [0.15, 0.2) is 0 Å². The second kappa shape index (κ2) is 6.00. The van der Waals surface area contributed by atoms with E-state index < -0.39 is 0 Å². The van der Waals surface area contributed by atoms with Gasteiger partial charge in [-0.05, 0) is 60.4 Å². The first-order chi connectivity index (χ1) is 9.52. The fourth-order valence-electron chi connectivity index (χ4n) is 2.47. The molecule has 2 aromatic rings. The van der Waals surface area contributed by atoms with Crippen LogP contribution in [0.15, 0.2) is 42.5 Å². The number of ether oxygens (including phenoxy) is 1. The highest BCUT2D eigenvalue weighted by Crippen LogP contribution is 2.29. The van der Waals surface area contributed by atoms with E-state index in [2.05, 4.69) is 63.1 Å². The molecule has 0 unspecified atom stereocenters. The highest BCUT2D eigenvalue weighted by Gasteiger charge is 2.08. The van der Waals surface area contributed by atoms with Crippen molar-refractivity contribution in [2.24, 2.45) is 0 Å². The minimum absolute atomic E-state index is 0.565. The molecule has 0 spiro atoms. The average molecular weight is 269 g/mol. The summed E-state index contributed by atoms with van der Waals surface area (Å²) in [4.78, 5) is 2.19. The quantitative estimate of drug-likeness (QED) is 0.783. The zero-order chi connectivity index (χ0) is 14.7. The lowest BCUT2D eigenvalue weighted by Crippen LogP contribution is -2.10. The van der Waals surface area contributed by atoms with E-state index in [1.807, 2.05) is 12.1 Å². The molecule has 0 aromatic heterocycles. The third kappa shape index (κ3) is 2.96. The number of nitrogens with zero attached hydrogens (tertiary/aromatic N) is 1. The predicted molar refractivity (Wildman–Crippen MR) is 86.3 cm³/mol. The Morgan fingerprint density at radius 1 is 0.950 bits per heavy atom. The van der Waals surface area contributed by atoms with E-state index in [4.69, 9.17) is 4.74 Å². The molecule has 2 nitrogen and oxygen atoms in total. The van der Waals surface area contributed by atoms with Crippen molar-refractivity contribution in [3.8, 4) is 5.75 Å². The van der Waals surface area contributed by atoms with Crippen molar-refractivity contribution in [2.45, 2.75) is 26.7 Å². The molecule has 20 heavy (non-hydrogen) atoms. The molecule has 2 heteroatoms. The second-order valence-electron chi connectivity index (χ2n) is 5.45. The number of anilines is 2. The standard InChI is InChI=1S/C18H23NO/c1-13(2)18-11-8-16(12-14(18)3)19(4)15-6-9-17(20-5)10-7-15/h6-13H,1-5H3. The van der Waals surface area contributed by atoms with Crippen molar-refractivity contribution >= 4 is 11.4 Å². The third-order valence-electron chi connectivity index (χ3n) is 3.72. The minimum Gasteiger partial charge on any atom is -0.497 e. The van der Waals surface area contributed by atoms with E-state index >= 15 is 0 Å². The predicted octanol–water partition coefficient (Wildman–Crippen LogP) is 4.89. The number of methoxy groups -OCH3 is 1. The lowest BCUT2D eigenvalue weighted by atomic mass is 9.97. The van der Waals surface area contributed by atoms with Crippen LogP contribution < -0.4 is 9.64 Å². The van der Waals surface area contributed by atoms with Crippen molar-refractivity contribution < 1.29 is 4.74 Å². The molecule has 0 aliphatic rings. The molecule has 2 rings (SSSR count). The molecule has 2 aromatic carbocycles. The van der Waals surface area contributed by atoms with Crippen LogP contribution in [0, 0.1) is 6.92 Å². The van der Waals surface area contributed by atoms with Gasteiger partial charge < -0.3 is 9.64 Å². The van der Waals surface area contributed by atoms with Crippen LogP contribution in [0.5, 0.6) is 5.75 Å². The van der Waals surface area contributed by atoms with Crippen LogP contribution >= 0.6 is 0 Å². The number of benzene rings is 2. The highest BCUT2D eigenvalue weighted by atomic mass is 16.5. The van der Waals surface area contributed by atoms with Gasteiger partial charge in [0, 0.05) is 18.4 Å². The maximum absolute atomic E-state index is 5.20. The monoisotopic (exact) mass is 269 g/mol. The van der Waals surface area contributed by atoms with Crippen molar-refractivity contribution in [1.82, 2.24) is 0 Å². The summed E-state index contributed by atoms with van der Waals surface area (Å²) in [5.74, 6) is 1.45. The lowest BCUT2D eigenvalue weighted by molar-refractivity contribution is 0.415. The van der Waals surface area contributed by atoms with Gasteiger partial charge in [-0.3, -0.25) is 0 Å². The molecule has 0 N–H and O–H groups in total. The second-order valence-corrected chi connectivity index (χ2v) is 5.45. The Morgan fingerprint density at radius 3 is 2.05 bits per heavy atom. The number of hydrogen-bond acceptors (Lipinski definition) is 2. The largest absolute Gasteiger partial charge is 0.497 e. The van der Waals surface area contributed by atoms with Crippen molar-refractivity contribution in [2.75, 3.05) is 19.1 Å². The Labute approximate surface area is 122 Å². The van der Waals surface area contributed by atoms with Crippen LogP contribution in [0.2, 0.25) is 0 Å². The smallest absolute Gasteiger partial charge is 0.119 e. The first kappa shape index (κ1) is 14.4. The molecule has 106 valence electrons. The molecule has 0 atom stereocenters. The molecule has 0 fully saturated rings. The van der Waals surface area contributed by atoms with Crippen LogP contribution in [0.25, 0.3) is 0 Å². The summed E-state index contributed by atoms with van der Waals surface area (Å²) in [6.45, 7) is 6.64. The van der Waals surface area contributed by atoms with Gasteiger partial charge in [0.1, 0.15) is 5.75 Å². The molecule has 0 radical (unpaired) electrons. The van der Waals surface area contributed by atoms with Gasteiger partial charge in [-0.1, -0.05) is 19.9 Å². The first-order valence-corrected chi connectivity index (χ1v) is 7.01. The maximum atomic E-state index is 5.20. The van der Waals surface area contributed by atoms with Gasteiger partial charge in [-0.15, -0.1) is 0 Å². The summed E-state index contributed by atoms with van der Waals surface area (Å²) in [5, 5.41) is 0. The fourth-order valence-corrected chi connectivity index (χ4v) is 2.47. The average Bonchev–Trinajstić information content (AvgIpc) is 2.46. The molecular formula is C18H23NO. The van der Waals surface area contributed by atoms with Gasteiger partial charge in [0.05, 0.1) is 7.11 Å². The topological polar surface area (TPSA) is 12.5 Å². The van der Waals surface area contributed by atoms with Crippen molar-refractivity contribution in [3.63, 3.8) is 0 Å². The number of hydrogen-bond donors (Lipinski definition) is 0. The number of rotatable bonds is 4. The third-order valence-corrected chi connectivity index (χ3v) is 3.72. The van der Waals surface area contributed by atoms with Crippen molar-refractivity contribution in [1.29, 1.82) is 0 Å². The van der Waals surface area contributed by atoms with Gasteiger partial charge in [0.25, 0.3) is 0 Å². The zero-order valence-corrected chi connectivity index (χ0v) is 13.0. The SMILES string of the molecule is COc1ccc(N(C)c2ccc(C(C)C)c(C)c2)cc1. The normalized spacial score (nSPS) is 10.7. The molecular weight excluding hydrogens is 246 g/mol. The summed E-state index contributed by atoms with van der Waals surface area (Å²) >= 11 is 0. The van der Waals surface area contributed by atoms with E-state index in [-0.39, 0.29) is 0 Å². The summed E-state index contributed by atoms with van der Waals surface area (Å²) < 4.78 is 5.20. The molecule has 0 bridgehead atoms. The first-order valence-electron chi connectivity index (χ1n) is 7.01. The van der Waals surface area contributed by atoms with E-state index in [1.54, 1.807) is 7.11 Å². The molecule has 0 saturated heterocycles. The van der Waals surface area contributed by atoms with E-state index in [9.17, 15) is 0 Å². The summed E-state index contributed by atoms with van der Waals surface area (Å²) in [6.07, 6.45) is 0. The minimum atomic E-state index is 0.565. The van der Waals surface area contributed by atoms with Crippen LogP contribution in [0.1, 0.15) is 30.9 Å². The van der Waals surface area contributed by atoms with E-state index in [0.717, 1.165) is 11.4 Å². The summed E-state index contributed by atoms with van der Waals surface area (Å²) in [6, 6.07) is 14.8. The number of aryl methyl sites for hydroxylation is 1. The van der Waals surface area contributed by atoms with Crippen LogP contribution in [-0.4, -0.2) is 14.2 Å². The Bertz CT molecular complexity index is 572. The van der Waals surface area contributed by atoms with E-state index in [0.29, 0.717) is 5.92 Å². The van der Waals surface area contributed by atoms with Crippen molar-refractivity contribution in [3.05, 3.63) is 53.6 Å². The van der Waals surface area contributed by atoms with Gasteiger partial charge in [0.2, 0.25) is 0 Å². The van der Waals surface area contributed by atoms with Crippen LogP contribution in [-0.2, 0) is 0 Å². The van der Waals surface area contributed by atoms with Crippen LogP contribution in [0.4, 0.5) is 11.4 Å². The Balaban J connectivity index is 2.28. The lowest BCUT2D eigenvalue weighted by Gasteiger charge is -2.21. The van der Waals surface area contributed by atoms with E-state index in [1.165, 1.54) is 16.8 Å². The maximum Gasteiger partial charge on any atom is 0.119 e. The Kier molecular flexibility index (Phi) is 4.33. The fraction of sp³-hybridized carbons (Fsp3) is 0.333. The Morgan fingerprint density at radius 2 is 1.55 bits per heavy atom. The molecule has 0 saturated carbocycles. The zero-order valence-electron chi connectivity index (χ0n) is 13.0. The summed E-state index contributed by atoms with van der Waals surface area (Å²) in [5.41, 5.74) is 5.12. The van der Waals surface area contributed by atoms with Crippen LogP contribution in [0.3, 0.4) is 0 Å². The van der Waals surface area contributed by atoms with Gasteiger partial charge >= 0.3 is 0 Å². The molecule has 0 heterocycles. The van der Waals surface area contributed by atoms with Gasteiger partial charge in [-0.25, -0.2) is 0 Å². The molecule has 0 aliphatic heterocycles. The highest BCUT2D eigenvalue weighted by molar-refractivity contribution is 5.64. The molecule has 0 amide bonds.